The van der Waals surface area contributed by atoms with E-state index in [1.165, 1.54) is 23.8 Å². The maximum Gasteiger partial charge on any atom is 0.243 e. The molecule has 1 atom stereocenters. The van der Waals surface area contributed by atoms with Gasteiger partial charge in [0.2, 0.25) is 10.0 Å². The first-order valence-corrected chi connectivity index (χ1v) is 9.10. The van der Waals surface area contributed by atoms with Gasteiger partial charge in [-0.05, 0) is 36.2 Å². The van der Waals surface area contributed by atoms with Crippen molar-refractivity contribution in [2.75, 3.05) is 13.1 Å². The van der Waals surface area contributed by atoms with Crippen LogP contribution in [0.1, 0.15) is 17.2 Å². The Hall–Kier alpha value is -1.47. The first-order chi connectivity index (χ1) is 11.0. The number of benzene rings is 2. The quantitative estimate of drug-likeness (QED) is 0.887. The number of rotatable bonds is 4. The van der Waals surface area contributed by atoms with Crippen molar-refractivity contribution in [3.05, 3.63) is 64.4 Å². The lowest BCUT2D eigenvalue weighted by molar-refractivity contribution is 0.489. The van der Waals surface area contributed by atoms with Crippen molar-refractivity contribution in [3.63, 3.8) is 0 Å². The molecule has 1 heterocycles. The topological polar surface area (TPSA) is 58.2 Å². The Balaban J connectivity index is 1.80. The first-order valence-electron chi connectivity index (χ1n) is 7.24. The molecule has 0 amide bonds. The van der Waals surface area contributed by atoms with Crippen LogP contribution >= 0.6 is 11.6 Å². The van der Waals surface area contributed by atoms with Gasteiger partial charge in [-0.2, -0.15) is 0 Å². The first kappa shape index (κ1) is 16.4. The third-order valence-corrected chi connectivity index (χ3v) is 5.63. The van der Waals surface area contributed by atoms with Gasteiger partial charge in [0, 0.05) is 12.6 Å². The van der Waals surface area contributed by atoms with Crippen molar-refractivity contribution in [1.29, 1.82) is 0 Å². The molecule has 1 aliphatic rings. The van der Waals surface area contributed by atoms with Gasteiger partial charge in [0.15, 0.2) is 5.82 Å². The predicted octanol–water partition coefficient (Wildman–Crippen LogP) is 2.64. The molecule has 0 aliphatic carbocycles. The zero-order chi connectivity index (χ0) is 16.4. The highest BCUT2D eigenvalue weighted by Gasteiger charge is 2.24. The molecule has 0 saturated carbocycles. The van der Waals surface area contributed by atoms with Crippen LogP contribution in [0.4, 0.5) is 4.39 Å². The summed E-state index contributed by atoms with van der Waals surface area (Å²) in [6.45, 7) is 0.917. The van der Waals surface area contributed by atoms with Gasteiger partial charge < -0.3 is 5.32 Å². The summed E-state index contributed by atoms with van der Waals surface area (Å²) in [5.74, 6) is -0.932. The second-order valence-corrected chi connectivity index (χ2v) is 7.50. The van der Waals surface area contributed by atoms with E-state index in [1.807, 2.05) is 24.3 Å². The van der Waals surface area contributed by atoms with E-state index in [1.54, 1.807) is 0 Å². The Morgan fingerprint density at radius 3 is 2.83 bits per heavy atom. The number of fused-ring (bicyclic) bond motifs is 1. The predicted molar refractivity (Wildman–Crippen MR) is 87.5 cm³/mol. The second kappa shape index (κ2) is 6.57. The standard InChI is InChI=1S/C16H16ClFN2O2S/c17-13-6-3-7-15(16(13)18)23(21,22)20-10-14-12-5-2-1-4-11(12)8-9-19-14/h1-7,14,19-20H,8-10H2. The molecule has 2 aromatic carbocycles. The number of halogens is 2. The minimum atomic E-state index is -3.96. The molecule has 2 aromatic rings. The van der Waals surface area contributed by atoms with Gasteiger partial charge in [-0.25, -0.2) is 17.5 Å². The maximum absolute atomic E-state index is 13.9. The molecule has 1 aliphatic heterocycles. The molecular weight excluding hydrogens is 339 g/mol. The molecule has 122 valence electrons. The van der Waals surface area contributed by atoms with Gasteiger partial charge in [0.05, 0.1) is 5.02 Å². The SMILES string of the molecule is O=S(=O)(NCC1NCCc2ccccc21)c1cccc(Cl)c1F. The fraction of sp³-hybridized carbons (Fsp3) is 0.250. The molecule has 2 N–H and O–H groups in total. The summed E-state index contributed by atoms with van der Waals surface area (Å²) >= 11 is 5.66. The number of hydrogen-bond donors (Lipinski definition) is 2. The lowest BCUT2D eigenvalue weighted by Crippen LogP contribution is -2.39. The van der Waals surface area contributed by atoms with Crippen LogP contribution in [0.5, 0.6) is 0 Å². The van der Waals surface area contributed by atoms with Crippen LogP contribution in [0.25, 0.3) is 0 Å². The third-order valence-electron chi connectivity index (χ3n) is 3.90. The number of hydrogen-bond acceptors (Lipinski definition) is 3. The molecule has 4 nitrogen and oxygen atoms in total. The highest BCUT2D eigenvalue weighted by atomic mass is 35.5. The van der Waals surface area contributed by atoms with Crippen LogP contribution in [0.3, 0.4) is 0 Å². The van der Waals surface area contributed by atoms with Gasteiger partial charge in [-0.1, -0.05) is 41.9 Å². The molecule has 0 bridgehead atoms. The van der Waals surface area contributed by atoms with Crippen LogP contribution < -0.4 is 10.0 Å². The van der Waals surface area contributed by atoms with Crippen LogP contribution in [0.15, 0.2) is 47.4 Å². The molecule has 7 heteroatoms. The van der Waals surface area contributed by atoms with Gasteiger partial charge in [0.25, 0.3) is 0 Å². The summed E-state index contributed by atoms with van der Waals surface area (Å²) in [6.07, 6.45) is 0.905. The fourth-order valence-corrected chi connectivity index (χ4v) is 4.11. The van der Waals surface area contributed by atoms with E-state index < -0.39 is 20.7 Å². The molecule has 0 spiro atoms. The largest absolute Gasteiger partial charge is 0.308 e. The summed E-state index contributed by atoms with van der Waals surface area (Å²) in [4.78, 5) is -0.436. The van der Waals surface area contributed by atoms with Crippen molar-refractivity contribution in [3.8, 4) is 0 Å². The highest BCUT2D eigenvalue weighted by molar-refractivity contribution is 7.89. The summed E-state index contributed by atoms with van der Waals surface area (Å²) in [6, 6.07) is 11.7. The zero-order valence-corrected chi connectivity index (χ0v) is 13.8. The number of nitrogens with one attached hydrogen (secondary N) is 2. The molecule has 3 rings (SSSR count). The van der Waals surface area contributed by atoms with Crippen molar-refractivity contribution >= 4 is 21.6 Å². The van der Waals surface area contributed by atoms with Crippen LogP contribution in [-0.2, 0) is 16.4 Å². The van der Waals surface area contributed by atoms with E-state index in [9.17, 15) is 12.8 Å². The van der Waals surface area contributed by atoms with Crippen molar-refractivity contribution in [2.45, 2.75) is 17.4 Å². The van der Waals surface area contributed by atoms with Gasteiger partial charge >= 0.3 is 0 Å². The van der Waals surface area contributed by atoms with Crippen LogP contribution in [0, 0.1) is 5.82 Å². The van der Waals surface area contributed by atoms with E-state index in [-0.39, 0.29) is 17.6 Å². The average molecular weight is 355 g/mol. The van der Waals surface area contributed by atoms with E-state index in [4.69, 9.17) is 11.6 Å². The van der Waals surface area contributed by atoms with Crippen LogP contribution in [0.2, 0.25) is 5.02 Å². The smallest absolute Gasteiger partial charge is 0.243 e. The molecule has 0 fully saturated rings. The molecule has 23 heavy (non-hydrogen) atoms. The molecular formula is C16H16ClFN2O2S. The lowest BCUT2D eigenvalue weighted by atomic mass is 9.95. The summed E-state index contributed by atoms with van der Waals surface area (Å²) in [5, 5.41) is 3.06. The Labute approximate surface area is 139 Å². The van der Waals surface area contributed by atoms with Gasteiger partial charge in [-0.3, -0.25) is 0 Å². The molecule has 0 aromatic heterocycles. The van der Waals surface area contributed by atoms with Crippen molar-refractivity contribution < 1.29 is 12.8 Å². The molecule has 0 saturated heterocycles. The Morgan fingerprint density at radius 2 is 2.00 bits per heavy atom. The average Bonchev–Trinajstić information content (AvgIpc) is 2.55. The van der Waals surface area contributed by atoms with E-state index in [0.29, 0.717) is 0 Å². The van der Waals surface area contributed by atoms with Gasteiger partial charge in [-0.15, -0.1) is 0 Å². The zero-order valence-electron chi connectivity index (χ0n) is 12.2. The monoisotopic (exact) mass is 354 g/mol. The lowest BCUT2D eigenvalue weighted by Gasteiger charge is -2.27. The number of sulfonamides is 1. The van der Waals surface area contributed by atoms with Gasteiger partial charge in [0.1, 0.15) is 4.90 Å². The molecule has 0 radical (unpaired) electrons. The van der Waals surface area contributed by atoms with Crippen molar-refractivity contribution in [1.82, 2.24) is 10.0 Å². The fourth-order valence-electron chi connectivity index (χ4n) is 2.74. The Morgan fingerprint density at radius 1 is 1.22 bits per heavy atom. The second-order valence-electron chi connectivity index (χ2n) is 5.36. The minimum absolute atomic E-state index is 0.142. The Kier molecular flexibility index (Phi) is 4.68. The Bertz CT molecular complexity index is 827. The summed E-state index contributed by atoms with van der Waals surface area (Å²) in [5.41, 5.74) is 2.26. The summed E-state index contributed by atoms with van der Waals surface area (Å²) in [7, 11) is -3.96. The van der Waals surface area contributed by atoms with E-state index in [0.717, 1.165) is 18.5 Å². The van der Waals surface area contributed by atoms with Crippen LogP contribution in [-0.4, -0.2) is 21.5 Å². The third kappa shape index (κ3) is 3.40. The summed E-state index contributed by atoms with van der Waals surface area (Å²) < 4.78 is 41.0. The van der Waals surface area contributed by atoms with Crippen molar-refractivity contribution in [2.24, 2.45) is 0 Å². The normalized spacial score (nSPS) is 17.7. The highest BCUT2D eigenvalue weighted by Crippen LogP contribution is 2.24. The van der Waals surface area contributed by atoms with E-state index in [2.05, 4.69) is 10.0 Å². The van der Waals surface area contributed by atoms with E-state index >= 15 is 0 Å². The maximum atomic E-state index is 13.9. The minimum Gasteiger partial charge on any atom is -0.308 e. The molecule has 1 unspecified atom stereocenters.